The summed E-state index contributed by atoms with van der Waals surface area (Å²) in [6.07, 6.45) is 0. The fraction of sp³-hybridized carbons (Fsp3) is 0.0303. The van der Waals surface area contributed by atoms with Crippen LogP contribution in [0.4, 0.5) is 0 Å². The summed E-state index contributed by atoms with van der Waals surface area (Å²) in [5.41, 5.74) is 6.17. The molecule has 166 valence electrons. The number of rotatable bonds is 2. The highest BCUT2D eigenvalue weighted by Crippen LogP contribution is 2.52. The Morgan fingerprint density at radius 3 is 1.51 bits per heavy atom. The molecule has 0 saturated heterocycles. The quantitative estimate of drug-likeness (QED) is 0.224. The number of halogens is 1. The maximum Gasteiger partial charge on any atom is 0.132 e. The van der Waals surface area contributed by atoms with Gasteiger partial charge in [-0.15, -0.1) is 0 Å². The van der Waals surface area contributed by atoms with Gasteiger partial charge >= 0.3 is 0 Å². The largest absolute Gasteiger partial charge is 0.457 e. The average Bonchev–Trinajstić information content (AvgIpc) is 2.92. The smallest absolute Gasteiger partial charge is 0.132 e. The van der Waals surface area contributed by atoms with Crippen molar-refractivity contribution in [1.82, 2.24) is 0 Å². The lowest BCUT2D eigenvalue weighted by molar-refractivity contribution is 0.456. The maximum absolute atomic E-state index is 6.55. The first-order chi connectivity index (χ1) is 17.3. The summed E-state index contributed by atoms with van der Waals surface area (Å²) in [5.74, 6) is 1.95. The van der Waals surface area contributed by atoms with Gasteiger partial charge in [-0.25, -0.2) is 0 Å². The summed E-state index contributed by atoms with van der Waals surface area (Å²) < 4.78 is 7.64. The SMILES string of the molecule is Brc1ccc(-c2ccc(C3c4c(ccc5ccccc45)Oc4ccc5ccccc5c43)cc2)cc1. The van der Waals surface area contributed by atoms with Crippen molar-refractivity contribution >= 4 is 37.5 Å². The zero-order chi connectivity index (χ0) is 23.4. The van der Waals surface area contributed by atoms with Crippen LogP contribution in [0.25, 0.3) is 32.7 Å². The first-order valence-corrected chi connectivity index (χ1v) is 12.6. The first-order valence-electron chi connectivity index (χ1n) is 11.8. The number of benzene rings is 6. The van der Waals surface area contributed by atoms with Crippen molar-refractivity contribution < 1.29 is 4.74 Å². The third-order valence-corrected chi connectivity index (χ3v) is 7.61. The van der Waals surface area contributed by atoms with E-state index in [0.29, 0.717) is 0 Å². The topological polar surface area (TPSA) is 9.23 Å². The van der Waals surface area contributed by atoms with Gasteiger partial charge in [-0.05, 0) is 62.5 Å². The molecule has 1 heterocycles. The van der Waals surface area contributed by atoms with Crippen molar-refractivity contribution in [2.75, 3.05) is 0 Å². The van der Waals surface area contributed by atoms with Gasteiger partial charge in [-0.1, -0.05) is 113 Å². The molecule has 1 aliphatic heterocycles. The Morgan fingerprint density at radius 1 is 0.486 bits per heavy atom. The van der Waals surface area contributed by atoms with E-state index in [1.165, 1.54) is 49.4 Å². The fourth-order valence-corrected chi connectivity index (χ4v) is 5.70. The van der Waals surface area contributed by atoms with Crippen molar-refractivity contribution in [1.29, 1.82) is 0 Å². The van der Waals surface area contributed by atoms with Crippen LogP contribution < -0.4 is 4.74 Å². The van der Waals surface area contributed by atoms with Gasteiger partial charge in [-0.2, -0.15) is 0 Å². The molecule has 1 nitrogen and oxygen atoms in total. The molecule has 7 rings (SSSR count). The van der Waals surface area contributed by atoms with Crippen molar-refractivity contribution in [3.63, 3.8) is 0 Å². The second kappa shape index (κ2) is 8.11. The molecule has 2 heteroatoms. The van der Waals surface area contributed by atoms with Gasteiger partial charge in [0, 0.05) is 21.5 Å². The summed E-state index contributed by atoms with van der Waals surface area (Å²) in [4.78, 5) is 0. The highest BCUT2D eigenvalue weighted by Gasteiger charge is 2.32. The van der Waals surface area contributed by atoms with Gasteiger partial charge in [0.1, 0.15) is 11.5 Å². The predicted molar refractivity (Wildman–Crippen MR) is 148 cm³/mol. The van der Waals surface area contributed by atoms with Crippen LogP contribution in [0.15, 0.2) is 126 Å². The Labute approximate surface area is 212 Å². The van der Waals surface area contributed by atoms with Crippen LogP contribution in [0.2, 0.25) is 0 Å². The molecule has 0 fully saturated rings. The van der Waals surface area contributed by atoms with Gasteiger partial charge < -0.3 is 4.74 Å². The highest BCUT2D eigenvalue weighted by atomic mass is 79.9. The zero-order valence-corrected chi connectivity index (χ0v) is 20.5. The number of fused-ring (bicyclic) bond motifs is 6. The fourth-order valence-electron chi connectivity index (χ4n) is 5.43. The molecule has 0 saturated carbocycles. The van der Waals surface area contributed by atoms with E-state index in [1.807, 2.05) is 0 Å². The molecule has 6 aromatic rings. The molecular weight excluding hydrogens is 492 g/mol. The van der Waals surface area contributed by atoms with E-state index in [4.69, 9.17) is 4.74 Å². The lowest BCUT2D eigenvalue weighted by atomic mass is 9.78. The second-order valence-corrected chi connectivity index (χ2v) is 9.98. The molecule has 0 bridgehead atoms. The predicted octanol–water partition coefficient (Wildman–Crippen LogP) is 9.71. The van der Waals surface area contributed by atoms with Crippen molar-refractivity contribution in [2.24, 2.45) is 0 Å². The second-order valence-electron chi connectivity index (χ2n) is 9.06. The van der Waals surface area contributed by atoms with Crippen molar-refractivity contribution in [3.05, 3.63) is 142 Å². The van der Waals surface area contributed by atoms with Crippen LogP contribution in [0, 0.1) is 0 Å². The molecule has 0 unspecified atom stereocenters. The van der Waals surface area contributed by atoms with Gasteiger partial charge in [0.05, 0.1) is 0 Å². The molecule has 0 aliphatic carbocycles. The molecule has 0 radical (unpaired) electrons. The third-order valence-electron chi connectivity index (χ3n) is 7.08. The number of hydrogen-bond acceptors (Lipinski definition) is 1. The summed E-state index contributed by atoms with van der Waals surface area (Å²) in [6, 6.07) is 43.3. The van der Waals surface area contributed by atoms with Crippen molar-refractivity contribution in [3.8, 4) is 22.6 Å². The Morgan fingerprint density at radius 2 is 0.971 bits per heavy atom. The van der Waals surface area contributed by atoms with Gasteiger partial charge in [-0.3, -0.25) is 0 Å². The molecule has 0 atom stereocenters. The standard InChI is InChI=1S/C33H21BrO/c34-26-17-13-22(14-18-26)21-9-11-25(12-10-21)31-32-27-7-3-1-5-23(27)15-19-29(32)35-30-20-16-24-6-2-4-8-28(24)33(30)31/h1-20,31H. The lowest BCUT2D eigenvalue weighted by Gasteiger charge is -2.31. The normalized spacial score (nSPS) is 12.8. The maximum atomic E-state index is 6.55. The minimum Gasteiger partial charge on any atom is -0.457 e. The van der Waals surface area contributed by atoms with Gasteiger partial charge in [0.25, 0.3) is 0 Å². The van der Waals surface area contributed by atoms with E-state index in [9.17, 15) is 0 Å². The minimum atomic E-state index is 0.0740. The van der Waals surface area contributed by atoms with Crippen LogP contribution in [-0.2, 0) is 0 Å². The number of ether oxygens (including phenoxy) is 1. The van der Waals surface area contributed by atoms with E-state index >= 15 is 0 Å². The van der Waals surface area contributed by atoms with E-state index in [1.54, 1.807) is 0 Å². The van der Waals surface area contributed by atoms with Crippen LogP contribution in [0.3, 0.4) is 0 Å². The van der Waals surface area contributed by atoms with E-state index < -0.39 is 0 Å². The van der Waals surface area contributed by atoms with Crippen LogP contribution in [-0.4, -0.2) is 0 Å². The molecule has 0 spiro atoms. The van der Waals surface area contributed by atoms with Gasteiger partial charge in [0.2, 0.25) is 0 Å². The third kappa shape index (κ3) is 3.37. The molecule has 0 aromatic heterocycles. The van der Waals surface area contributed by atoms with E-state index in [0.717, 1.165) is 16.0 Å². The van der Waals surface area contributed by atoms with E-state index in [-0.39, 0.29) is 5.92 Å². The van der Waals surface area contributed by atoms with E-state index in [2.05, 4.69) is 137 Å². The Bertz CT molecular complexity index is 1630. The van der Waals surface area contributed by atoms with Crippen LogP contribution in [0.5, 0.6) is 11.5 Å². The minimum absolute atomic E-state index is 0.0740. The monoisotopic (exact) mass is 512 g/mol. The molecule has 0 N–H and O–H groups in total. The van der Waals surface area contributed by atoms with Crippen LogP contribution in [0.1, 0.15) is 22.6 Å². The highest BCUT2D eigenvalue weighted by molar-refractivity contribution is 9.10. The Kier molecular flexibility index (Phi) is 4.75. The van der Waals surface area contributed by atoms with Crippen molar-refractivity contribution in [2.45, 2.75) is 5.92 Å². The molecule has 6 aromatic carbocycles. The summed E-state index contributed by atoms with van der Waals surface area (Å²) >= 11 is 3.54. The summed E-state index contributed by atoms with van der Waals surface area (Å²) in [7, 11) is 0. The summed E-state index contributed by atoms with van der Waals surface area (Å²) in [5, 5.41) is 4.95. The van der Waals surface area contributed by atoms with Crippen LogP contribution >= 0.6 is 15.9 Å². The molecule has 0 amide bonds. The molecular formula is C33H21BrO. The molecule has 35 heavy (non-hydrogen) atoms. The molecule has 1 aliphatic rings. The number of hydrogen-bond donors (Lipinski definition) is 0. The lowest BCUT2D eigenvalue weighted by Crippen LogP contribution is -2.13. The first kappa shape index (κ1) is 20.5. The van der Waals surface area contributed by atoms with Gasteiger partial charge in [0.15, 0.2) is 0 Å². The Balaban J connectivity index is 1.48. The Hall–Kier alpha value is -3.88. The summed E-state index contributed by atoms with van der Waals surface area (Å²) in [6.45, 7) is 0. The average molecular weight is 513 g/mol. The zero-order valence-electron chi connectivity index (χ0n) is 18.9.